The molecule has 0 saturated carbocycles. The Morgan fingerprint density at radius 1 is 1.53 bits per heavy atom. The fraction of sp³-hybridized carbons (Fsp3) is 0.833. The van der Waals surface area contributed by atoms with Crippen LogP contribution in [-0.2, 0) is 9.53 Å². The van der Waals surface area contributed by atoms with Crippen molar-refractivity contribution in [2.24, 2.45) is 5.92 Å². The van der Waals surface area contributed by atoms with Gasteiger partial charge in [-0.3, -0.25) is 4.79 Å². The standard InChI is InChI=1S/C12H22N2O5/c1-13(7-10(15)8-19-2)12(18)14-5-3-4-9(6-14)11(16)17/h9-10,15H,3-8H2,1-2H3,(H,16,17). The number of likely N-dealkylation sites (N-methyl/N-ethyl adjacent to an activating group) is 1. The first-order valence-electron chi connectivity index (χ1n) is 6.35. The lowest BCUT2D eigenvalue weighted by molar-refractivity contribution is -0.143. The van der Waals surface area contributed by atoms with Crippen LogP contribution in [0.3, 0.4) is 0 Å². The van der Waals surface area contributed by atoms with Crippen LogP contribution in [0.2, 0.25) is 0 Å². The molecule has 0 aliphatic carbocycles. The summed E-state index contributed by atoms with van der Waals surface area (Å²) in [6.45, 7) is 1.13. The lowest BCUT2D eigenvalue weighted by atomic mass is 9.99. The summed E-state index contributed by atoms with van der Waals surface area (Å²) >= 11 is 0. The van der Waals surface area contributed by atoms with Crippen molar-refractivity contribution < 1.29 is 24.5 Å². The molecule has 2 unspecified atom stereocenters. The summed E-state index contributed by atoms with van der Waals surface area (Å²) in [4.78, 5) is 26.0. The van der Waals surface area contributed by atoms with Crippen LogP contribution in [0.4, 0.5) is 4.79 Å². The Morgan fingerprint density at radius 2 is 2.21 bits per heavy atom. The van der Waals surface area contributed by atoms with E-state index in [4.69, 9.17) is 9.84 Å². The molecule has 0 aromatic carbocycles. The first-order chi connectivity index (χ1) is 8.95. The van der Waals surface area contributed by atoms with Crippen LogP contribution >= 0.6 is 0 Å². The zero-order chi connectivity index (χ0) is 14.4. The van der Waals surface area contributed by atoms with Crippen LogP contribution in [0.1, 0.15) is 12.8 Å². The molecule has 1 aliphatic heterocycles. The van der Waals surface area contributed by atoms with Crippen molar-refractivity contribution in [3.63, 3.8) is 0 Å². The number of carboxylic acid groups (broad SMARTS) is 1. The van der Waals surface area contributed by atoms with Crippen molar-refractivity contribution in [3.8, 4) is 0 Å². The van der Waals surface area contributed by atoms with E-state index < -0.39 is 18.0 Å². The number of urea groups is 1. The molecule has 0 aromatic rings. The van der Waals surface area contributed by atoms with Gasteiger partial charge >= 0.3 is 12.0 Å². The number of aliphatic carboxylic acids is 1. The van der Waals surface area contributed by atoms with Gasteiger partial charge in [-0.05, 0) is 12.8 Å². The number of hydrogen-bond acceptors (Lipinski definition) is 4. The summed E-state index contributed by atoms with van der Waals surface area (Å²) in [5.41, 5.74) is 0. The highest BCUT2D eigenvalue weighted by Crippen LogP contribution is 2.17. The van der Waals surface area contributed by atoms with Gasteiger partial charge in [0.1, 0.15) is 0 Å². The molecule has 2 atom stereocenters. The molecule has 1 aliphatic rings. The lowest BCUT2D eigenvalue weighted by Gasteiger charge is -2.34. The molecule has 2 N–H and O–H groups in total. The number of carboxylic acids is 1. The summed E-state index contributed by atoms with van der Waals surface area (Å²) in [5.74, 6) is -1.35. The van der Waals surface area contributed by atoms with E-state index in [1.807, 2.05) is 0 Å². The Hall–Kier alpha value is -1.34. The predicted molar refractivity (Wildman–Crippen MR) is 67.8 cm³/mol. The number of methoxy groups -OCH3 is 1. The van der Waals surface area contributed by atoms with Crippen molar-refractivity contribution in [1.82, 2.24) is 9.80 Å². The van der Waals surface area contributed by atoms with E-state index in [2.05, 4.69) is 0 Å². The lowest BCUT2D eigenvalue weighted by Crippen LogP contribution is -2.49. The Kier molecular flexibility index (Phi) is 6.04. The molecule has 1 saturated heterocycles. The maximum atomic E-state index is 12.1. The summed E-state index contributed by atoms with van der Waals surface area (Å²) in [6.07, 6.45) is 0.561. The molecule has 2 amide bonds. The third-order valence-electron chi connectivity index (χ3n) is 3.21. The SMILES string of the molecule is COCC(O)CN(C)C(=O)N1CCCC(C(=O)O)C1. The smallest absolute Gasteiger partial charge is 0.319 e. The van der Waals surface area contributed by atoms with Gasteiger partial charge in [-0.2, -0.15) is 0 Å². The largest absolute Gasteiger partial charge is 0.481 e. The minimum Gasteiger partial charge on any atom is -0.481 e. The van der Waals surface area contributed by atoms with Crippen LogP contribution < -0.4 is 0 Å². The minimum atomic E-state index is -0.862. The zero-order valence-electron chi connectivity index (χ0n) is 11.4. The van der Waals surface area contributed by atoms with E-state index in [0.717, 1.165) is 0 Å². The summed E-state index contributed by atoms with van der Waals surface area (Å²) in [5, 5.41) is 18.6. The molecule has 1 heterocycles. The molecule has 0 radical (unpaired) electrons. The highest BCUT2D eigenvalue weighted by atomic mass is 16.5. The maximum Gasteiger partial charge on any atom is 0.319 e. The average molecular weight is 274 g/mol. The molecule has 7 nitrogen and oxygen atoms in total. The number of likely N-dealkylation sites (tertiary alicyclic amines) is 1. The molecule has 0 bridgehead atoms. The van der Waals surface area contributed by atoms with E-state index >= 15 is 0 Å². The molecule has 1 rings (SSSR count). The third kappa shape index (κ3) is 4.68. The van der Waals surface area contributed by atoms with Crippen LogP contribution in [-0.4, -0.2) is 78.5 Å². The van der Waals surface area contributed by atoms with Gasteiger partial charge in [-0.1, -0.05) is 0 Å². The first kappa shape index (κ1) is 15.7. The van der Waals surface area contributed by atoms with Crippen molar-refractivity contribution >= 4 is 12.0 Å². The van der Waals surface area contributed by atoms with Gasteiger partial charge in [0.25, 0.3) is 0 Å². The highest BCUT2D eigenvalue weighted by molar-refractivity contribution is 5.76. The Labute approximate surface area is 112 Å². The number of hydrogen-bond donors (Lipinski definition) is 2. The molecule has 19 heavy (non-hydrogen) atoms. The molecule has 0 spiro atoms. The number of piperidine rings is 1. The van der Waals surface area contributed by atoms with Crippen molar-refractivity contribution in [3.05, 3.63) is 0 Å². The van der Waals surface area contributed by atoms with Crippen LogP contribution in [0.5, 0.6) is 0 Å². The summed E-state index contributed by atoms with van der Waals surface area (Å²) in [6, 6.07) is -0.249. The fourth-order valence-corrected chi connectivity index (χ4v) is 2.23. The zero-order valence-corrected chi connectivity index (χ0v) is 11.4. The first-order valence-corrected chi connectivity index (χ1v) is 6.35. The Bertz CT molecular complexity index is 323. The van der Waals surface area contributed by atoms with Crippen LogP contribution in [0.15, 0.2) is 0 Å². The van der Waals surface area contributed by atoms with E-state index in [-0.39, 0.29) is 25.7 Å². The van der Waals surface area contributed by atoms with Crippen molar-refractivity contribution in [2.75, 3.05) is 40.4 Å². The molecule has 110 valence electrons. The van der Waals surface area contributed by atoms with E-state index in [1.165, 1.54) is 16.9 Å². The molecule has 0 aromatic heterocycles. The Balaban J connectivity index is 2.49. The van der Waals surface area contributed by atoms with E-state index in [1.54, 1.807) is 7.05 Å². The number of aliphatic hydroxyl groups is 1. The summed E-state index contributed by atoms with van der Waals surface area (Å²) < 4.78 is 4.80. The number of carbonyl (C=O) groups excluding carboxylic acids is 1. The molecule has 1 fully saturated rings. The number of rotatable bonds is 5. The molecular formula is C12H22N2O5. The van der Waals surface area contributed by atoms with Gasteiger partial charge in [-0.25, -0.2) is 4.79 Å². The predicted octanol–water partition coefficient (Wildman–Crippen LogP) is -0.158. The number of nitrogens with zero attached hydrogens (tertiary/aromatic N) is 2. The maximum absolute atomic E-state index is 12.1. The number of aliphatic hydroxyl groups excluding tert-OH is 1. The quantitative estimate of drug-likeness (QED) is 0.727. The average Bonchev–Trinajstić information content (AvgIpc) is 2.38. The minimum absolute atomic E-state index is 0.162. The van der Waals surface area contributed by atoms with Gasteiger partial charge in [0.15, 0.2) is 0 Å². The van der Waals surface area contributed by atoms with Gasteiger partial charge < -0.3 is 24.7 Å². The summed E-state index contributed by atoms with van der Waals surface area (Å²) in [7, 11) is 3.07. The topological polar surface area (TPSA) is 90.3 Å². The van der Waals surface area contributed by atoms with Crippen molar-refractivity contribution in [2.45, 2.75) is 18.9 Å². The van der Waals surface area contributed by atoms with Gasteiger partial charge in [0.05, 0.1) is 25.2 Å². The normalized spacial score (nSPS) is 21.0. The number of amides is 2. The van der Waals surface area contributed by atoms with E-state index in [0.29, 0.717) is 19.4 Å². The number of carbonyl (C=O) groups is 2. The second-order valence-electron chi connectivity index (χ2n) is 4.90. The number of ether oxygens (including phenoxy) is 1. The highest BCUT2D eigenvalue weighted by Gasteiger charge is 2.29. The second kappa shape index (κ2) is 7.30. The van der Waals surface area contributed by atoms with Gasteiger partial charge in [-0.15, -0.1) is 0 Å². The van der Waals surface area contributed by atoms with Gasteiger partial charge in [0.2, 0.25) is 0 Å². The van der Waals surface area contributed by atoms with Crippen molar-refractivity contribution in [1.29, 1.82) is 0 Å². The van der Waals surface area contributed by atoms with Gasteiger partial charge in [0, 0.05) is 27.2 Å². The molecular weight excluding hydrogens is 252 g/mol. The fourth-order valence-electron chi connectivity index (χ4n) is 2.23. The van der Waals surface area contributed by atoms with Crippen LogP contribution in [0.25, 0.3) is 0 Å². The third-order valence-corrected chi connectivity index (χ3v) is 3.21. The second-order valence-corrected chi connectivity index (χ2v) is 4.90. The Morgan fingerprint density at radius 3 is 2.79 bits per heavy atom. The molecule has 7 heteroatoms. The van der Waals surface area contributed by atoms with E-state index in [9.17, 15) is 14.7 Å². The monoisotopic (exact) mass is 274 g/mol. The van der Waals surface area contributed by atoms with Crippen LogP contribution in [0, 0.1) is 5.92 Å².